The van der Waals surface area contributed by atoms with E-state index >= 15 is 0 Å². The van der Waals surface area contributed by atoms with Gasteiger partial charge in [-0.3, -0.25) is 9.59 Å². The van der Waals surface area contributed by atoms with E-state index in [-0.39, 0.29) is 41.2 Å². The third-order valence-corrected chi connectivity index (χ3v) is 7.98. The zero-order valence-corrected chi connectivity index (χ0v) is 19.0. The van der Waals surface area contributed by atoms with E-state index in [1.54, 1.807) is 19.9 Å². The predicted octanol–water partition coefficient (Wildman–Crippen LogP) is 2.74. The molecule has 0 bridgehead atoms. The first-order chi connectivity index (χ1) is 13.5. The summed E-state index contributed by atoms with van der Waals surface area (Å²) < 4.78 is 24.3. The Balaban J connectivity index is 1.97. The van der Waals surface area contributed by atoms with Gasteiger partial charge < -0.3 is 10.2 Å². The van der Waals surface area contributed by atoms with Crippen LogP contribution in [-0.2, 0) is 21.1 Å². The van der Waals surface area contributed by atoms with Gasteiger partial charge in [0.1, 0.15) is 0 Å². The van der Waals surface area contributed by atoms with E-state index in [9.17, 15) is 18.0 Å². The molecular formula is C22H34N2O4S. The number of carbonyl (C=O) groups is 2. The van der Waals surface area contributed by atoms with Crippen molar-refractivity contribution < 1.29 is 18.0 Å². The minimum absolute atomic E-state index is 0.0275. The number of nitrogens with one attached hydrogen (secondary N) is 1. The van der Waals surface area contributed by atoms with Gasteiger partial charge in [0, 0.05) is 24.7 Å². The standard InChI is InChI=1S/C22H34N2O4S/c1-15(2)23-22(26)20-8-6-7-19(17(20)5)13-21(25)24-11-9-18(10-12-24)14-29(27,28)16(3)4/h6-8,15-16,18H,9-14H2,1-5H3,(H,23,26). The maximum absolute atomic E-state index is 12.8. The highest BCUT2D eigenvalue weighted by molar-refractivity contribution is 7.91. The summed E-state index contributed by atoms with van der Waals surface area (Å²) in [6.45, 7) is 10.3. The Morgan fingerprint density at radius 3 is 2.31 bits per heavy atom. The van der Waals surface area contributed by atoms with Crippen LogP contribution >= 0.6 is 0 Å². The van der Waals surface area contributed by atoms with Crippen molar-refractivity contribution in [1.82, 2.24) is 10.2 Å². The van der Waals surface area contributed by atoms with Crippen LogP contribution in [0.3, 0.4) is 0 Å². The van der Waals surface area contributed by atoms with Gasteiger partial charge in [-0.05, 0) is 70.6 Å². The highest BCUT2D eigenvalue weighted by atomic mass is 32.2. The van der Waals surface area contributed by atoms with Gasteiger partial charge in [-0.15, -0.1) is 0 Å². The molecule has 6 nitrogen and oxygen atoms in total. The molecule has 1 fully saturated rings. The fourth-order valence-corrected chi connectivity index (χ4v) is 4.98. The van der Waals surface area contributed by atoms with Crippen LogP contribution in [0.2, 0.25) is 0 Å². The van der Waals surface area contributed by atoms with Crippen molar-refractivity contribution in [3.05, 3.63) is 34.9 Å². The normalized spacial score (nSPS) is 15.8. The predicted molar refractivity (Wildman–Crippen MR) is 116 cm³/mol. The Bertz CT molecular complexity index is 838. The number of nitrogens with zero attached hydrogens (tertiary/aromatic N) is 1. The topological polar surface area (TPSA) is 83.6 Å². The second kappa shape index (κ2) is 9.74. The van der Waals surface area contributed by atoms with Crippen molar-refractivity contribution >= 4 is 21.7 Å². The van der Waals surface area contributed by atoms with Crippen LogP contribution in [-0.4, -0.2) is 55.3 Å². The molecule has 1 aliphatic heterocycles. The van der Waals surface area contributed by atoms with Crippen LogP contribution in [0.15, 0.2) is 18.2 Å². The third kappa shape index (κ3) is 6.29. The minimum Gasteiger partial charge on any atom is -0.350 e. The zero-order valence-electron chi connectivity index (χ0n) is 18.2. The van der Waals surface area contributed by atoms with Crippen LogP contribution in [0.4, 0.5) is 0 Å². The first-order valence-electron chi connectivity index (χ1n) is 10.4. The van der Waals surface area contributed by atoms with Crippen LogP contribution in [0, 0.1) is 12.8 Å². The molecule has 0 spiro atoms. The molecule has 1 aromatic rings. The minimum atomic E-state index is -3.05. The Labute approximate surface area is 175 Å². The van der Waals surface area contributed by atoms with Gasteiger partial charge in [0.05, 0.1) is 17.4 Å². The number of amides is 2. The quantitative estimate of drug-likeness (QED) is 0.732. The van der Waals surface area contributed by atoms with E-state index in [1.165, 1.54) is 0 Å². The lowest BCUT2D eigenvalue weighted by atomic mass is 9.96. The van der Waals surface area contributed by atoms with Crippen molar-refractivity contribution in [1.29, 1.82) is 0 Å². The van der Waals surface area contributed by atoms with Crippen molar-refractivity contribution in [2.75, 3.05) is 18.8 Å². The number of hydrogen-bond donors (Lipinski definition) is 1. The van der Waals surface area contributed by atoms with Crippen molar-refractivity contribution in [3.8, 4) is 0 Å². The number of sulfone groups is 1. The molecule has 0 unspecified atom stereocenters. The first kappa shape index (κ1) is 23.4. The van der Waals surface area contributed by atoms with Gasteiger partial charge in [-0.25, -0.2) is 8.42 Å². The molecule has 1 N–H and O–H groups in total. The van der Waals surface area contributed by atoms with E-state index in [2.05, 4.69) is 5.32 Å². The largest absolute Gasteiger partial charge is 0.350 e. The summed E-state index contributed by atoms with van der Waals surface area (Å²) in [6, 6.07) is 5.53. The number of rotatable bonds is 7. The second-order valence-electron chi connectivity index (χ2n) is 8.60. The van der Waals surface area contributed by atoms with Gasteiger partial charge in [0.15, 0.2) is 9.84 Å². The Morgan fingerprint density at radius 1 is 1.14 bits per heavy atom. The fourth-order valence-electron chi connectivity index (χ4n) is 3.61. The van der Waals surface area contributed by atoms with E-state index in [0.717, 1.165) is 11.1 Å². The lowest BCUT2D eigenvalue weighted by Gasteiger charge is -2.32. The van der Waals surface area contributed by atoms with E-state index in [1.807, 2.05) is 37.8 Å². The smallest absolute Gasteiger partial charge is 0.251 e. The number of likely N-dealkylation sites (tertiary alicyclic amines) is 1. The molecular weight excluding hydrogens is 388 g/mol. The summed E-state index contributed by atoms with van der Waals surface area (Å²) in [6.07, 6.45) is 1.69. The molecule has 2 amide bonds. The summed E-state index contributed by atoms with van der Waals surface area (Å²) in [5, 5.41) is 2.54. The van der Waals surface area contributed by atoms with Crippen LogP contribution in [0.25, 0.3) is 0 Å². The number of hydrogen-bond acceptors (Lipinski definition) is 4. The van der Waals surface area contributed by atoms with Gasteiger partial charge in [-0.1, -0.05) is 12.1 Å². The summed E-state index contributed by atoms with van der Waals surface area (Å²) in [5.74, 6) is 0.230. The molecule has 2 rings (SSSR count). The molecule has 0 aromatic heterocycles. The maximum Gasteiger partial charge on any atom is 0.251 e. The molecule has 29 heavy (non-hydrogen) atoms. The van der Waals surface area contributed by atoms with Crippen LogP contribution in [0.5, 0.6) is 0 Å². The second-order valence-corrected chi connectivity index (χ2v) is 11.2. The Morgan fingerprint density at radius 2 is 1.76 bits per heavy atom. The molecule has 1 heterocycles. The molecule has 0 saturated carbocycles. The first-order valence-corrected chi connectivity index (χ1v) is 12.1. The summed E-state index contributed by atoms with van der Waals surface area (Å²) >= 11 is 0. The Hall–Kier alpha value is -1.89. The summed E-state index contributed by atoms with van der Waals surface area (Å²) in [4.78, 5) is 27.0. The average Bonchev–Trinajstić information content (AvgIpc) is 2.62. The van der Waals surface area contributed by atoms with Crippen molar-refractivity contribution in [3.63, 3.8) is 0 Å². The lowest BCUT2D eigenvalue weighted by Crippen LogP contribution is -2.41. The molecule has 162 valence electrons. The molecule has 1 saturated heterocycles. The number of carbonyl (C=O) groups excluding carboxylic acids is 2. The van der Waals surface area contributed by atoms with E-state index in [0.29, 0.717) is 31.5 Å². The van der Waals surface area contributed by atoms with Gasteiger partial charge in [0.25, 0.3) is 5.91 Å². The molecule has 1 aliphatic rings. The van der Waals surface area contributed by atoms with E-state index < -0.39 is 9.84 Å². The lowest BCUT2D eigenvalue weighted by molar-refractivity contribution is -0.131. The maximum atomic E-state index is 12.8. The highest BCUT2D eigenvalue weighted by Gasteiger charge is 2.28. The van der Waals surface area contributed by atoms with Gasteiger partial charge >= 0.3 is 0 Å². The summed E-state index contributed by atoms with van der Waals surface area (Å²) in [5.41, 5.74) is 2.29. The molecule has 0 aliphatic carbocycles. The van der Waals surface area contributed by atoms with Crippen molar-refractivity contribution in [2.24, 2.45) is 5.92 Å². The van der Waals surface area contributed by atoms with E-state index in [4.69, 9.17) is 0 Å². The van der Waals surface area contributed by atoms with Gasteiger partial charge in [0.2, 0.25) is 5.91 Å². The third-order valence-electron chi connectivity index (χ3n) is 5.61. The van der Waals surface area contributed by atoms with Crippen LogP contribution < -0.4 is 5.32 Å². The molecule has 0 radical (unpaired) electrons. The highest BCUT2D eigenvalue weighted by Crippen LogP contribution is 2.22. The molecule has 1 aromatic carbocycles. The Kier molecular flexibility index (Phi) is 7.86. The molecule has 7 heteroatoms. The SMILES string of the molecule is Cc1c(CC(=O)N2CCC(CS(=O)(=O)C(C)C)CC2)cccc1C(=O)NC(C)C. The number of piperidine rings is 1. The average molecular weight is 423 g/mol. The van der Waals surface area contributed by atoms with Crippen molar-refractivity contribution in [2.45, 2.75) is 65.2 Å². The number of benzene rings is 1. The van der Waals surface area contributed by atoms with Gasteiger partial charge in [-0.2, -0.15) is 0 Å². The fraction of sp³-hybridized carbons (Fsp3) is 0.636. The molecule has 0 atom stereocenters. The van der Waals surface area contributed by atoms with Crippen LogP contribution in [0.1, 0.15) is 62.0 Å². The summed E-state index contributed by atoms with van der Waals surface area (Å²) in [7, 11) is -3.05. The zero-order chi connectivity index (χ0) is 21.8. The monoisotopic (exact) mass is 422 g/mol.